The Balaban J connectivity index is 2.48. The molecule has 1 heterocycles. The largest absolute Gasteiger partial charge is 0.268 e. The highest BCUT2D eigenvalue weighted by Crippen LogP contribution is 2.13. The number of para-hydroxylation sites is 1. The van der Waals surface area contributed by atoms with E-state index >= 15 is 0 Å². The van der Waals surface area contributed by atoms with E-state index in [4.69, 9.17) is 0 Å². The number of benzene rings is 1. The summed E-state index contributed by atoms with van der Waals surface area (Å²) >= 11 is 0. The van der Waals surface area contributed by atoms with Crippen LogP contribution in [-0.2, 0) is 6.42 Å². The summed E-state index contributed by atoms with van der Waals surface area (Å²) in [6, 6.07) is 9.88. The Morgan fingerprint density at radius 2 is 1.88 bits per heavy atom. The molecule has 1 aromatic carbocycles. The standard InChI is InChI=1S/C14H18N2O/c1-10(2)9-13-11(3)16(15-14(13)17)12-7-5-4-6-8-12/h4-8,10H,9H2,1-3H3,(H,15,17). The SMILES string of the molecule is Cc1c(CC(C)C)c(=O)[nH]n1-c1ccccc1. The highest BCUT2D eigenvalue weighted by atomic mass is 16.1. The van der Waals surface area contributed by atoms with E-state index in [2.05, 4.69) is 18.9 Å². The third-order valence-electron chi connectivity index (χ3n) is 2.89. The van der Waals surface area contributed by atoms with Crippen LogP contribution in [-0.4, -0.2) is 9.78 Å². The molecule has 0 unspecified atom stereocenters. The van der Waals surface area contributed by atoms with E-state index in [0.717, 1.165) is 23.4 Å². The second-order valence-electron chi connectivity index (χ2n) is 4.77. The van der Waals surface area contributed by atoms with Crippen molar-refractivity contribution in [2.45, 2.75) is 27.2 Å². The Morgan fingerprint density at radius 3 is 2.47 bits per heavy atom. The van der Waals surface area contributed by atoms with Gasteiger partial charge in [0.05, 0.1) is 5.69 Å². The molecule has 1 aromatic heterocycles. The van der Waals surface area contributed by atoms with Gasteiger partial charge in [-0.3, -0.25) is 14.6 Å². The minimum atomic E-state index is 0.0278. The van der Waals surface area contributed by atoms with Crippen molar-refractivity contribution in [2.75, 3.05) is 0 Å². The molecule has 0 atom stereocenters. The fourth-order valence-corrected chi connectivity index (χ4v) is 2.04. The maximum Gasteiger partial charge on any atom is 0.267 e. The van der Waals surface area contributed by atoms with Crippen molar-refractivity contribution in [3.63, 3.8) is 0 Å². The zero-order valence-corrected chi connectivity index (χ0v) is 10.5. The summed E-state index contributed by atoms with van der Waals surface area (Å²) in [7, 11) is 0. The van der Waals surface area contributed by atoms with E-state index in [1.54, 1.807) is 0 Å². The zero-order chi connectivity index (χ0) is 12.4. The number of nitrogens with one attached hydrogen (secondary N) is 1. The van der Waals surface area contributed by atoms with Crippen LogP contribution >= 0.6 is 0 Å². The normalized spacial score (nSPS) is 11.1. The lowest BCUT2D eigenvalue weighted by molar-refractivity contribution is 0.642. The summed E-state index contributed by atoms with van der Waals surface area (Å²) in [5, 5.41) is 2.90. The molecule has 2 aromatic rings. The maximum absolute atomic E-state index is 11.9. The van der Waals surface area contributed by atoms with Crippen molar-refractivity contribution in [1.29, 1.82) is 0 Å². The number of rotatable bonds is 3. The zero-order valence-electron chi connectivity index (χ0n) is 10.5. The molecular weight excluding hydrogens is 212 g/mol. The molecule has 0 fully saturated rings. The lowest BCUT2D eigenvalue weighted by Gasteiger charge is -2.06. The smallest absolute Gasteiger partial charge is 0.267 e. The van der Waals surface area contributed by atoms with Gasteiger partial charge in [-0.2, -0.15) is 0 Å². The summed E-state index contributed by atoms with van der Waals surface area (Å²) < 4.78 is 1.86. The van der Waals surface area contributed by atoms with Crippen LogP contribution < -0.4 is 5.56 Å². The molecule has 90 valence electrons. The quantitative estimate of drug-likeness (QED) is 0.865. The van der Waals surface area contributed by atoms with Gasteiger partial charge in [-0.15, -0.1) is 0 Å². The second-order valence-corrected chi connectivity index (χ2v) is 4.77. The van der Waals surface area contributed by atoms with Gasteiger partial charge in [0.1, 0.15) is 0 Å². The topological polar surface area (TPSA) is 37.8 Å². The second kappa shape index (κ2) is 4.62. The lowest BCUT2D eigenvalue weighted by Crippen LogP contribution is -2.09. The third-order valence-corrected chi connectivity index (χ3v) is 2.89. The molecular formula is C14H18N2O. The predicted molar refractivity (Wildman–Crippen MR) is 69.7 cm³/mol. The van der Waals surface area contributed by atoms with Gasteiger partial charge in [0.2, 0.25) is 0 Å². The molecule has 0 aliphatic carbocycles. The molecule has 2 rings (SSSR count). The number of aromatic nitrogens is 2. The molecule has 17 heavy (non-hydrogen) atoms. The van der Waals surface area contributed by atoms with Gasteiger partial charge in [-0.25, -0.2) is 0 Å². The molecule has 0 aliphatic heterocycles. The van der Waals surface area contributed by atoms with Crippen LogP contribution in [0.25, 0.3) is 5.69 Å². The first kappa shape index (κ1) is 11.7. The third kappa shape index (κ3) is 2.33. The van der Waals surface area contributed by atoms with E-state index in [-0.39, 0.29) is 5.56 Å². The van der Waals surface area contributed by atoms with Crippen LogP contribution in [0.2, 0.25) is 0 Å². The monoisotopic (exact) mass is 230 g/mol. The average molecular weight is 230 g/mol. The van der Waals surface area contributed by atoms with Gasteiger partial charge in [0.25, 0.3) is 5.56 Å². The van der Waals surface area contributed by atoms with E-state index in [9.17, 15) is 4.79 Å². The Morgan fingerprint density at radius 1 is 1.24 bits per heavy atom. The number of H-pyrrole nitrogens is 1. The molecule has 0 spiro atoms. The Labute approximate surface area is 101 Å². The highest BCUT2D eigenvalue weighted by molar-refractivity contribution is 5.34. The van der Waals surface area contributed by atoms with E-state index < -0.39 is 0 Å². The van der Waals surface area contributed by atoms with Crippen molar-refractivity contribution in [3.05, 3.63) is 51.9 Å². The number of hydrogen-bond donors (Lipinski definition) is 1. The summed E-state index contributed by atoms with van der Waals surface area (Å²) in [6.07, 6.45) is 0.820. The minimum Gasteiger partial charge on any atom is -0.268 e. The lowest BCUT2D eigenvalue weighted by atomic mass is 10.0. The van der Waals surface area contributed by atoms with E-state index in [1.807, 2.05) is 41.9 Å². The average Bonchev–Trinajstić information content (AvgIpc) is 2.58. The molecule has 0 aliphatic rings. The number of hydrogen-bond acceptors (Lipinski definition) is 1. The van der Waals surface area contributed by atoms with Gasteiger partial charge < -0.3 is 0 Å². The van der Waals surface area contributed by atoms with Crippen LogP contribution in [0.5, 0.6) is 0 Å². The molecule has 0 radical (unpaired) electrons. The Kier molecular flexibility index (Phi) is 3.18. The van der Waals surface area contributed by atoms with E-state index in [1.165, 1.54) is 0 Å². The molecule has 1 N–H and O–H groups in total. The summed E-state index contributed by atoms with van der Waals surface area (Å²) in [5.74, 6) is 0.487. The number of nitrogens with zero attached hydrogens (tertiary/aromatic N) is 1. The van der Waals surface area contributed by atoms with Crippen molar-refractivity contribution >= 4 is 0 Å². The maximum atomic E-state index is 11.9. The fraction of sp³-hybridized carbons (Fsp3) is 0.357. The first-order valence-electron chi connectivity index (χ1n) is 5.95. The predicted octanol–water partition coefficient (Wildman–Crippen LogP) is 2.67. The van der Waals surface area contributed by atoms with Gasteiger partial charge in [0, 0.05) is 11.3 Å². The molecule has 0 amide bonds. The van der Waals surface area contributed by atoms with Crippen LogP contribution in [0.1, 0.15) is 25.1 Å². The van der Waals surface area contributed by atoms with Gasteiger partial charge in [-0.1, -0.05) is 32.0 Å². The van der Waals surface area contributed by atoms with Gasteiger partial charge >= 0.3 is 0 Å². The number of aromatic amines is 1. The van der Waals surface area contributed by atoms with E-state index in [0.29, 0.717) is 5.92 Å². The molecule has 3 nitrogen and oxygen atoms in total. The highest BCUT2D eigenvalue weighted by Gasteiger charge is 2.12. The Hall–Kier alpha value is -1.77. The summed E-state index contributed by atoms with van der Waals surface area (Å²) in [4.78, 5) is 11.9. The Bertz CT molecular complexity index is 549. The molecule has 0 saturated carbocycles. The summed E-state index contributed by atoms with van der Waals surface area (Å²) in [6.45, 7) is 6.24. The van der Waals surface area contributed by atoms with Crippen LogP contribution in [0, 0.1) is 12.8 Å². The minimum absolute atomic E-state index is 0.0278. The van der Waals surface area contributed by atoms with Crippen LogP contribution in [0.15, 0.2) is 35.1 Å². The van der Waals surface area contributed by atoms with Gasteiger partial charge in [-0.05, 0) is 31.4 Å². The van der Waals surface area contributed by atoms with Crippen molar-refractivity contribution in [1.82, 2.24) is 9.78 Å². The van der Waals surface area contributed by atoms with Crippen LogP contribution in [0.3, 0.4) is 0 Å². The van der Waals surface area contributed by atoms with Crippen LogP contribution in [0.4, 0.5) is 0 Å². The molecule has 0 saturated heterocycles. The van der Waals surface area contributed by atoms with Crippen molar-refractivity contribution < 1.29 is 0 Å². The molecule has 0 bridgehead atoms. The van der Waals surface area contributed by atoms with Gasteiger partial charge in [0.15, 0.2) is 0 Å². The summed E-state index contributed by atoms with van der Waals surface area (Å²) in [5.41, 5.74) is 2.93. The first-order valence-corrected chi connectivity index (χ1v) is 5.95. The molecule has 3 heteroatoms. The fourth-order valence-electron chi connectivity index (χ4n) is 2.04. The van der Waals surface area contributed by atoms with Crippen molar-refractivity contribution in [2.24, 2.45) is 5.92 Å². The van der Waals surface area contributed by atoms with Crippen molar-refractivity contribution in [3.8, 4) is 5.69 Å². The first-order chi connectivity index (χ1) is 8.09.